The second-order valence-corrected chi connectivity index (χ2v) is 7.06. The molecule has 8 heteroatoms. The van der Waals surface area contributed by atoms with Gasteiger partial charge in [0.1, 0.15) is 18.1 Å². The topological polar surface area (TPSA) is 94.2 Å². The lowest BCUT2D eigenvalue weighted by molar-refractivity contribution is -0.145. The Morgan fingerprint density at radius 1 is 0.969 bits per heavy atom. The average molecular weight is 438 g/mol. The Hall–Kier alpha value is -3.81. The van der Waals surface area contributed by atoms with Gasteiger partial charge in [-0.3, -0.25) is 10.1 Å². The summed E-state index contributed by atoms with van der Waals surface area (Å²) in [5, 5.41) is 2.64. The van der Waals surface area contributed by atoms with E-state index in [4.69, 9.17) is 14.2 Å². The normalized spacial score (nSPS) is 13.6. The van der Waals surface area contributed by atoms with Crippen molar-refractivity contribution < 1.29 is 28.6 Å². The van der Waals surface area contributed by atoms with Gasteiger partial charge in [0.2, 0.25) is 5.91 Å². The summed E-state index contributed by atoms with van der Waals surface area (Å²) in [5.41, 5.74) is 1.96. The highest BCUT2D eigenvalue weighted by atomic mass is 16.5. The predicted molar refractivity (Wildman–Crippen MR) is 116 cm³/mol. The molecule has 1 aliphatic rings. The van der Waals surface area contributed by atoms with E-state index >= 15 is 0 Å². The van der Waals surface area contributed by atoms with Crippen LogP contribution in [0.1, 0.15) is 30.9 Å². The maximum Gasteiger partial charge on any atom is 0.411 e. The Kier molecular flexibility index (Phi) is 7.85. The van der Waals surface area contributed by atoms with E-state index in [0.29, 0.717) is 11.4 Å². The molecule has 2 amide bonds. The summed E-state index contributed by atoms with van der Waals surface area (Å²) in [5.74, 6) is -0.220. The lowest BCUT2D eigenvalue weighted by Crippen LogP contribution is -2.41. The first-order valence-corrected chi connectivity index (χ1v) is 10.3. The van der Waals surface area contributed by atoms with E-state index in [1.165, 1.54) is 4.90 Å². The van der Waals surface area contributed by atoms with Crippen molar-refractivity contribution in [2.24, 2.45) is 0 Å². The summed E-state index contributed by atoms with van der Waals surface area (Å²) >= 11 is 0. The standard InChI is InChI=1S/C24H26N2O6/c1-3-31-23(28)22-20(25-24(29)32-16-18-7-5-4-6-8-18)13-14-21(27)26(22)15-17-9-11-19(30-2)12-10-17/h4-12H,3,13-16H2,1-2H3,(H,25,29). The van der Waals surface area contributed by atoms with Crippen LogP contribution in [0.5, 0.6) is 5.75 Å². The molecule has 2 aromatic carbocycles. The highest BCUT2D eigenvalue weighted by molar-refractivity contribution is 5.96. The Morgan fingerprint density at radius 2 is 1.69 bits per heavy atom. The quantitative estimate of drug-likeness (QED) is 0.634. The minimum Gasteiger partial charge on any atom is -0.497 e. The van der Waals surface area contributed by atoms with Gasteiger partial charge in [-0.25, -0.2) is 9.59 Å². The van der Waals surface area contributed by atoms with Crippen LogP contribution < -0.4 is 10.1 Å². The van der Waals surface area contributed by atoms with Gasteiger partial charge in [-0.15, -0.1) is 0 Å². The maximum atomic E-state index is 12.7. The number of esters is 1. The fraction of sp³-hybridized carbons (Fsp3) is 0.292. The van der Waals surface area contributed by atoms with Crippen molar-refractivity contribution in [3.63, 3.8) is 0 Å². The van der Waals surface area contributed by atoms with E-state index in [0.717, 1.165) is 11.1 Å². The molecule has 0 unspecified atom stereocenters. The van der Waals surface area contributed by atoms with Gasteiger partial charge in [0.25, 0.3) is 0 Å². The number of rotatable bonds is 8. The zero-order valence-corrected chi connectivity index (χ0v) is 18.1. The number of carbonyl (C=O) groups excluding carboxylic acids is 3. The van der Waals surface area contributed by atoms with E-state index in [-0.39, 0.29) is 44.2 Å². The summed E-state index contributed by atoms with van der Waals surface area (Å²) in [7, 11) is 1.57. The zero-order chi connectivity index (χ0) is 22.9. The van der Waals surface area contributed by atoms with Crippen LogP contribution in [0.4, 0.5) is 4.79 Å². The van der Waals surface area contributed by atoms with Gasteiger partial charge < -0.3 is 19.1 Å². The summed E-state index contributed by atoms with van der Waals surface area (Å²) in [6.45, 7) is 2.06. The third-order valence-corrected chi connectivity index (χ3v) is 4.88. The van der Waals surface area contributed by atoms with Crippen LogP contribution >= 0.6 is 0 Å². The van der Waals surface area contributed by atoms with E-state index in [9.17, 15) is 14.4 Å². The molecule has 0 fully saturated rings. The summed E-state index contributed by atoms with van der Waals surface area (Å²) in [6.07, 6.45) is -0.357. The van der Waals surface area contributed by atoms with Crippen LogP contribution in [0.3, 0.4) is 0 Å². The number of amides is 2. The van der Waals surface area contributed by atoms with Gasteiger partial charge in [-0.05, 0) is 36.6 Å². The van der Waals surface area contributed by atoms with Crippen LogP contribution in [0.2, 0.25) is 0 Å². The minimum atomic E-state index is -0.704. The molecular weight excluding hydrogens is 412 g/mol. The third kappa shape index (κ3) is 5.87. The van der Waals surface area contributed by atoms with Crippen molar-refractivity contribution in [1.82, 2.24) is 10.2 Å². The Balaban J connectivity index is 1.80. The maximum absolute atomic E-state index is 12.7. The summed E-state index contributed by atoms with van der Waals surface area (Å²) in [6, 6.07) is 16.4. The van der Waals surface area contributed by atoms with Crippen LogP contribution in [-0.2, 0) is 32.2 Å². The van der Waals surface area contributed by atoms with E-state index in [1.54, 1.807) is 26.2 Å². The molecule has 3 rings (SSSR count). The highest BCUT2D eigenvalue weighted by Crippen LogP contribution is 2.26. The number of ether oxygens (including phenoxy) is 3. The molecule has 8 nitrogen and oxygen atoms in total. The van der Waals surface area contributed by atoms with Crippen molar-refractivity contribution in [1.29, 1.82) is 0 Å². The van der Waals surface area contributed by atoms with Gasteiger partial charge in [0.05, 0.1) is 26.0 Å². The molecule has 0 aliphatic carbocycles. The molecule has 2 aromatic rings. The lowest BCUT2D eigenvalue weighted by atomic mass is 10.1. The zero-order valence-electron chi connectivity index (χ0n) is 18.1. The van der Waals surface area contributed by atoms with Gasteiger partial charge >= 0.3 is 12.1 Å². The van der Waals surface area contributed by atoms with E-state index < -0.39 is 12.1 Å². The second-order valence-electron chi connectivity index (χ2n) is 7.06. The predicted octanol–water partition coefficient (Wildman–Crippen LogP) is 3.52. The third-order valence-electron chi connectivity index (χ3n) is 4.88. The van der Waals surface area contributed by atoms with Crippen molar-refractivity contribution in [2.45, 2.75) is 32.9 Å². The van der Waals surface area contributed by atoms with Crippen LogP contribution in [0, 0.1) is 0 Å². The molecule has 0 radical (unpaired) electrons. The fourth-order valence-corrected chi connectivity index (χ4v) is 3.29. The number of allylic oxidation sites excluding steroid dienone is 1. The van der Waals surface area contributed by atoms with E-state index in [2.05, 4.69) is 5.32 Å². The second kappa shape index (κ2) is 11.0. The molecule has 0 saturated carbocycles. The van der Waals surface area contributed by atoms with Gasteiger partial charge in [-0.2, -0.15) is 0 Å². The Bertz CT molecular complexity index is 985. The lowest BCUT2D eigenvalue weighted by Gasteiger charge is -2.30. The van der Waals surface area contributed by atoms with Crippen LogP contribution in [0.25, 0.3) is 0 Å². The number of nitrogens with zero attached hydrogens (tertiary/aromatic N) is 1. The van der Waals surface area contributed by atoms with Crippen LogP contribution in [0.15, 0.2) is 66.0 Å². The Morgan fingerprint density at radius 3 is 2.34 bits per heavy atom. The number of hydrogen-bond acceptors (Lipinski definition) is 6. The van der Waals surface area contributed by atoms with Crippen LogP contribution in [-0.4, -0.2) is 36.6 Å². The average Bonchev–Trinajstić information content (AvgIpc) is 2.81. The number of methoxy groups -OCH3 is 1. The minimum absolute atomic E-state index is 0.0237. The smallest absolute Gasteiger partial charge is 0.411 e. The largest absolute Gasteiger partial charge is 0.497 e. The molecule has 1 N–H and O–H groups in total. The van der Waals surface area contributed by atoms with Crippen molar-refractivity contribution in [3.8, 4) is 5.75 Å². The molecule has 1 heterocycles. The molecule has 1 aliphatic heterocycles. The first-order chi connectivity index (χ1) is 15.5. The fourth-order valence-electron chi connectivity index (χ4n) is 3.29. The molecule has 0 bridgehead atoms. The number of carbonyl (C=O) groups is 3. The molecule has 0 saturated heterocycles. The molecule has 32 heavy (non-hydrogen) atoms. The summed E-state index contributed by atoms with van der Waals surface area (Å²) < 4.78 is 15.6. The van der Waals surface area contributed by atoms with Crippen molar-refractivity contribution in [3.05, 3.63) is 77.1 Å². The van der Waals surface area contributed by atoms with Gasteiger partial charge in [0, 0.05) is 6.42 Å². The van der Waals surface area contributed by atoms with Gasteiger partial charge in [0.15, 0.2) is 0 Å². The summed E-state index contributed by atoms with van der Waals surface area (Å²) in [4.78, 5) is 39.2. The van der Waals surface area contributed by atoms with Crippen molar-refractivity contribution in [2.75, 3.05) is 13.7 Å². The molecule has 0 spiro atoms. The molecule has 0 aromatic heterocycles. The molecule has 0 atom stereocenters. The number of benzene rings is 2. The molecular formula is C24H26N2O6. The number of hydrogen-bond donors (Lipinski definition) is 1. The highest BCUT2D eigenvalue weighted by Gasteiger charge is 2.33. The van der Waals surface area contributed by atoms with Gasteiger partial charge in [-0.1, -0.05) is 42.5 Å². The van der Waals surface area contributed by atoms with Crippen molar-refractivity contribution >= 4 is 18.0 Å². The SMILES string of the molecule is CCOC(=O)C1=C(NC(=O)OCc2ccccc2)CCC(=O)N1Cc1ccc(OC)cc1. The number of nitrogens with one attached hydrogen (secondary N) is 1. The monoisotopic (exact) mass is 438 g/mol. The molecule has 168 valence electrons. The van der Waals surface area contributed by atoms with E-state index in [1.807, 2.05) is 42.5 Å². The first-order valence-electron chi connectivity index (χ1n) is 10.3. The first kappa shape index (κ1) is 22.9. The Labute approximate surface area is 186 Å². The number of alkyl carbamates (subject to hydrolysis) is 1.